The molecule has 0 N–H and O–H groups in total. The van der Waals surface area contributed by atoms with Gasteiger partial charge in [0.2, 0.25) is 10.0 Å². The van der Waals surface area contributed by atoms with Crippen LogP contribution in [0, 0.1) is 0 Å². The summed E-state index contributed by atoms with van der Waals surface area (Å²) in [5.41, 5.74) is 0.724. The highest BCUT2D eigenvalue weighted by Crippen LogP contribution is 2.19. The lowest BCUT2D eigenvalue weighted by Gasteiger charge is -2.33. The average molecular weight is 324 g/mol. The molecule has 0 aliphatic carbocycles. The molecule has 1 aliphatic heterocycles. The van der Waals surface area contributed by atoms with Crippen LogP contribution < -0.4 is 0 Å². The van der Waals surface area contributed by atoms with Gasteiger partial charge in [-0.2, -0.15) is 4.31 Å². The van der Waals surface area contributed by atoms with Gasteiger partial charge in [-0.1, -0.05) is 23.2 Å². The molecule has 0 aromatic carbocycles. The molecule has 8 heteroatoms. The molecule has 1 aromatic rings. The zero-order valence-corrected chi connectivity index (χ0v) is 12.8. The van der Waals surface area contributed by atoms with Crippen molar-refractivity contribution in [2.75, 3.05) is 32.4 Å². The molecular formula is C11H15Cl2N3O2S. The number of halogens is 2. The molecule has 0 saturated carbocycles. The molecule has 106 valence electrons. The Kier molecular flexibility index (Phi) is 4.68. The smallest absolute Gasteiger partial charge is 0.211 e. The van der Waals surface area contributed by atoms with Crippen molar-refractivity contribution in [1.82, 2.24) is 14.2 Å². The summed E-state index contributed by atoms with van der Waals surface area (Å²) in [7, 11) is -3.09. The van der Waals surface area contributed by atoms with E-state index in [1.165, 1.54) is 10.6 Å². The molecule has 1 fully saturated rings. The van der Waals surface area contributed by atoms with E-state index in [4.69, 9.17) is 23.2 Å². The van der Waals surface area contributed by atoms with Crippen molar-refractivity contribution in [2.45, 2.75) is 6.54 Å². The lowest BCUT2D eigenvalue weighted by Crippen LogP contribution is -2.47. The molecule has 5 nitrogen and oxygen atoms in total. The molecule has 0 atom stereocenters. The number of rotatable bonds is 3. The fraction of sp³-hybridized carbons (Fsp3) is 0.545. The Morgan fingerprint density at radius 1 is 1.21 bits per heavy atom. The van der Waals surface area contributed by atoms with Crippen LogP contribution >= 0.6 is 23.2 Å². The van der Waals surface area contributed by atoms with Crippen molar-refractivity contribution in [1.29, 1.82) is 0 Å². The Morgan fingerprint density at radius 2 is 1.84 bits per heavy atom. The van der Waals surface area contributed by atoms with Gasteiger partial charge in [-0.25, -0.2) is 13.4 Å². The second-order valence-electron chi connectivity index (χ2n) is 4.50. The van der Waals surface area contributed by atoms with Crippen molar-refractivity contribution in [2.24, 2.45) is 0 Å². The number of nitrogens with zero attached hydrogens (tertiary/aromatic N) is 3. The number of piperazine rings is 1. The van der Waals surface area contributed by atoms with Gasteiger partial charge in [0.05, 0.1) is 17.0 Å². The third-order valence-electron chi connectivity index (χ3n) is 3.06. The predicted octanol–water partition coefficient (Wildman–Crippen LogP) is 1.47. The molecule has 0 radical (unpaired) electrons. The Labute approximate surface area is 123 Å². The average Bonchev–Trinajstić information content (AvgIpc) is 2.33. The summed E-state index contributed by atoms with van der Waals surface area (Å²) in [5.74, 6) is 0. The number of hydrogen-bond acceptors (Lipinski definition) is 4. The summed E-state index contributed by atoms with van der Waals surface area (Å²) in [6, 6.07) is 3.37. The maximum Gasteiger partial charge on any atom is 0.211 e. The zero-order valence-electron chi connectivity index (χ0n) is 10.5. The monoisotopic (exact) mass is 323 g/mol. The molecule has 0 unspecified atom stereocenters. The molecule has 0 spiro atoms. The van der Waals surface area contributed by atoms with Crippen LogP contribution in [0.4, 0.5) is 0 Å². The normalized spacial score (nSPS) is 18.7. The maximum atomic E-state index is 11.4. The molecule has 2 heterocycles. The summed E-state index contributed by atoms with van der Waals surface area (Å²) in [6.45, 7) is 2.90. The highest BCUT2D eigenvalue weighted by Gasteiger charge is 2.23. The van der Waals surface area contributed by atoms with Crippen LogP contribution in [0.15, 0.2) is 12.1 Å². The lowest BCUT2D eigenvalue weighted by atomic mass is 10.3. The van der Waals surface area contributed by atoms with E-state index >= 15 is 0 Å². The lowest BCUT2D eigenvalue weighted by molar-refractivity contribution is 0.180. The fourth-order valence-electron chi connectivity index (χ4n) is 2.00. The van der Waals surface area contributed by atoms with Crippen molar-refractivity contribution < 1.29 is 8.42 Å². The van der Waals surface area contributed by atoms with Gasteiger partial charge < -0.3 is 0 Å². The van der Waals surface area contributed by atoms with E-state index in [9.17, 15) is 8.42 Å². The van der Waals surface area contributed by atoms with E-state index in [-0.39, 0.29) is 0 Å². The van der Waals surface area contributed by atoms with Crippen LogP contribution in [0.5, 0.6) is 0 Å². The quantitative estimate of drug-likeness (QED) is 0.790. The molecule has 1 aliphatic rings. The molecule has 0 amide bonds. The highest BCUT2D eigenvalue weighted by molar-refractivity contribution is 7.88. The third kappa shape index (κ3) is 4.03. The first-order valence-electron chi connectivity index (χ1n) is 5.84. The number of pyridine rings is 1. The minimum absolute atomic E-state index is 0.411. The highest BCUT2D eigenvalue weighted by atomic mass is 35.5. The van der Waals surface area contributed by atoms with Gasteiger partial charge in [0.15, 0.2) is 0 Å². The molecule has 2 rings (SSSR count). The first-order valence-corrected chi connectivity index (χ1v) is 8.45. The van der Waals surface area contributed by atoms with Gasteiger partial charge in [0.25, 0.3) is 0 Å². The van der Waals surface area contributed by atoms with Crippen LogP contribution in [0.2, 0.25) is 10.2 Å². The van der Waals surface area contributed by atoms with Gasteiger partial charge >= 0.3 is 0 Å². The standard InChI is InChI=1S/C11H15Cl2N3O2S/c1-19(17,18)16-6-4-15(5-7-16)8-10-9(12)2-3-11(13)14-10/h2-3H,4-8H2,1H3. The van der Waals surface area contributed by atoms with Crippen LogP contribution in [0.1, 0.15) is 5.69 Å². The number of aromatic nitrogens is 1. The minimum Gasteiger partial charge on any atom is -0.295 e. The SMILES string of the molecule is CS(=O)(=O)N1CCN(Cc2nc(Cl)ccc2Cl)CC1. The Morgan fingerprint density at radius 3 is 2.42 bits per heavy atom. The Hall–Kier alpha value is -0.400. The molecular weight excluding hydrogens is 309 g/mol. The fourth-order valence-corrected chi connectivity index (χ4v) is 3.16. The van der Waals surface area contributed by atoms with Crippen molar-refractivity contribution in [3.63, 3.8) is 0 Å². The summed E-state index contributed by atoms with van der Waals surface area (Å²) < 4.78 is 24.3. The maximum absolute atomic E-state index is 11.4. The van der Waals surface area contributed by atoms with Crippen molar-refractivity contribution in [3.05, 3.63) is 28.0 Å². The Balaban J connectivity index is 1.98. The van der Waals surface area contributed by atoms with Gasteiger partial charge in [0.1, 0.15) is 5.15 Å². The predicted molar refractivity (Wildman–Crippen MR) is 76.0 cm³/mol. The topological polar surface area (TPSA) is 53.5 Å². The summed E-state index contributed by atoms with van der Waals surface area (Å²) >= 11 is 11.9. The van der Waals surface area contributed by atoms with Gasteiger partial charge in [-0.05, 0) is 12.1 Å². The van der Waals surface area contributed by atoms with Gasteiger partial charge in [-0.15, -0.1) is 0 Å². The van der Waals surface area contributed by atoms with E-state index in [0.717, 1.165) is 5.69 Å². The Bertz CT molecular complexity index is 557. The molecule has 0 bridgehead atoms. The second kappa shape index (κ2) is 5.93. The third-order valence-corrected chi connectivity index (χ3v) is 4.92. The van der Waals surface area contributed by atoms with E-state index in [1.54, 1.807) is 12.1 Å². The second-order valence-corrected chi connectivity index (χ2v) is 7.28. The van der Waals surface area contributed by atoms with Crippen molar-refractivity contribution in [3.8, 4) is 0 Å². The molecule has 1 aromatic heterocycles. The first-order chi connectivity index (χ1) is 8.86. The summed E-state index contributed by atoms with van der Waals surface area (Å²) in [4.78, 5) is 6.31. The van der Waals surface area contributed by atoms with Crippen LogP contribution in [0.25, 0.3) is 0 Å². The minimum atomic E-state index is -3.09. The van der Waals surface area contributed by atoms with Crippen LogP contribution in [0.3, 0.4) is 0 Å². The summed E-state index contributed by atoms with van der Waals surface area (Å²) in [5, 5.41) is 0.990. The number of sulfonamides is 1. The van der Waals surface area contributed by atoms with Gasteiger partial charge in [0, 0.05) is 32.7 Å². The van der Waals surface area contributed by atoms with E-state index in [0.29, 0.717) is 42.9 Å². The zero-order chi connectivity index (χ0) is 14.0. The first kappa shape index (κ1) is 15.0. The van der Waals surface area contributed by atoms with E-state index in [2.05, 4.69) is 9.88 Å². The van der Waals surface area contributed by atoms with E-state index in [1.807, 2.05) is 0 Å². The van der Waals surface area contributed by atoms with Crippen molar-refractivity contribution >= 4 is 33.2 Å². The van der Waals surface area contributed by atoms with Gasteiger partial charge in [-0.3, -0.25) is 4.90 Å². The molecule has 19 heavy (non-hydrogen) atoms. The van der Waals surface area contributed by atoms with Crippen LogP contribution in [-0.2, 0) is 16.6 Å². The van der Waals surface area contributed by atoms with Crippen LogP contribution in [-0.4, -0.2) is 55.0 Å². The largest absolute Gasteiger partial charge is 0.295 e. The number of hydrogen-bond donors (Lipinski definition) is 0. The summed E-state index contributed by atoms with van der Waals surface area (Å²) in [6.07, 6.45) is 1.23. The molecule has 1 saturated heterocycles. The van der Waals surface area contributed by atoms with E-state index < -0.39 is 10.0 Å².